The van der Waals surface area contributed by atoms with Gasteiger partial charge >= 0.3 is 0 Å². The zero-order valence-electron chi connectivity index (χ0n) is 16.4. The number of carbonyl (C=O) groups is 1. The summed E-state index contributed by atoms with van der Waals surface area (Å²) < 4.78 is 12.6. The lowest BCUT2D eigenvalue weighted by molar-refractivity contribution is 0.0955. The summed E-state index contributed by atoms with van der Waals surface area (Å²) in [5.74, 6) is 0.963. The predicted molar refractivity (Wildman–Crippen MR) is 110 cm³/mol. The molecule has 0 fully saturated rings. The van der Waals surface area contributed by atoms with Crippen molar-refractivity contribution in [2.75, 3.05) is 14.2 Å². The second-order valence-electron chi connectivity index (χ2n) is 6.31. The van der Waals surface area contributed by atoms with Crippen molar-refractivity contribution in [1.29, 1.82) is 0 Å². The van der Waals surface area contributed by atoms with E-state index in [1.165, 1.54) is 0 Å². The molecule has 6 heteroatoms. The van der Waals surface area contributed by atoms with Crippen LogP contribution in [0.25, 0.3) is 5.69 Å². The van der Waals surface area contributed by atoms with Crippen LogP contribution in [0.5, 0.6) is 11.5 Å². The molecule has 0 spiro atoms. The third kappa shape index (κ3) is 4.06. The van der Waals surface area contributed by atoms with Crippen LogP contribution >= 0.6 is 0 Å². The van der Waals surface area contributed by atoms with Gasteiger partial charge in [0.2, 0.25) is 0 Å². The van der Waals surface area contributed by atoms with E-state index >= 15 is 0 Å². The average molecular weight is 377 g/mol. The van der Waals surface area contributed by atoms with Crippen LogP contribution in [0.4, 0.5) is 0 Å². The Balaban J connectivity index is 1.67. The molecule has 3 aromatic rings. The number of nitrogens with one attached hydrogen (secondary N) is 1. The van der Waals surface area contributed by atoms with Gasteiger partial charge in [-0.25, -0.2) is 5.43 Å². The van der Waals surface area contributed by atoms with E-state index < -0.39 is 0 Å². The van der Waals surface area contributed by atoms with Crippen LogP contribution in [0, 0.1) is 13.8 Å². The fourth-order valence-corrected chi connectivity index (χ4v) is 3.00. The molecule has 1 aromatic heterocycles. The highest BCUT2D eigenvalue weighted by molar-refractivity contribution is 5.95. The lowest BCUT2D eigenvalue weighted by atomic mass is 10.2. The summed E-state index contributed by atoms with van der Waals surface area (Å²) in [6.45, 7) is 4.10. The summed E-state index contributed by atoms with van der Waals surface area (Å²) in [5.41, 5.74) is 7.18. The van der Waals surface area contributed by atoms with Gasteiger partial charge in [0.1, 0.15) is 0 Å². The molecule has 1 heterocycles. The highest BCUT2D eigenvalue weighted by Gasteiger charge is 2.07. The topological polar surface area (TPSA) is 64.8 Å². The minimum absolute atomic E-state index is 0.274. The van der Waals surface area contributed by atoms with Crippen LogP contribution in [0.15, 0.2) is 59.7 Å². The fraction of sp³-hybridized carbons (Fsp3) is 0.182. The van der Waals surface area contributed by atoms with Crippen LogP contribution < -0.4 is 14.9 Å². The Labute approximate surface area is 164 Å². The molecule has 0 saturated heterocycles. The Morgan fingerprint density at radius 2 is 1.57 bits per heavy atom. The minimum atomic E-state index is -0.274. The number of ether oxygens (including phenoxy) is 2. The largest absolute Gasteiger partial charge is 0.493 e. The number of rotatable bonds is 6. The lowest BCUT2D eigenvalue weighted by Crippen LogP contribution is -2.17. The molecule has 0 radical (unpaired) electrons. The zero-order valence-corrected chi connectivity index (χ0v) is 16.4. The predicted octanol–water partition coefficient (Wildman–Crippen LogP) is 3.88. The van der Waals surface area contributed by atoms with E-state index in [4.69, 9.17) is 9.47 Å². The molecular weight excluding hydrogens is 354 g/mol. The standard InChI is InChI=1S/C22H23N3O3/c1-15-5-6-16(2)25(15)19-10-8-18(9-11-19)22(26)24-23-14-17-7-12-20(27-3)21(13-17)28-4/h5-14H,1-4H3,(H,24,26). The number of methoxy groups -OCH3 is 2. The quantitative estimate of drug-likeness (QED) is 0.524. The Kier molecular flexibility index (Phi) is 5.79. The first kappa shape index (κ1) is 19.2. The van der Waals surface area contributed by atoms with Gasteiger partial charge < -0.3 is 14.0 Å². The molecule has 6 nitrogen and oxygen atoms in total. The Bertz CT molecular complexity index is 985. The zero-order chi connectivity index (χ0) is 20.1. The Morgan fingerprint density at radius 1 is 0.929 bits per heavy atom. The molecule has 1 amide bonds. The summed E-state index contributed by atoms with van der Waals surface area (Å²) in [7, 11) is 3.15. The smallest absolute Gasteiger partial charge is 0.271 e. The summed E-state index contributed by atoms with van der Waals surface area (Å²) in [5, 5.41) is 4.02. The third-order valence-electron chi connectivity index (χ3n) is 4.45. The van der Waals surface area contributed by atoms with Crippen LogP contribution in [-0.2, 0) is 0 Å². The lowest BCUT2D eigenvalue weighted by Gasteiger charge is -2.10. The summed E-state index contributed by atoms with van der Waals surface area (Å²) >= 11 is 0. The van der Waals surface area contributed by atoms with E-state index in [2.05, 4.69) is 41.1 Å². The van der Waals surface area contributed by atoms with Crippen LogP contribution in [0.1, 0.15) is 27.3 Å². The van der Waals surface area contributed by atoms with E-state index in [0.717, 1.165) is 22.6 Å². The molecule has 0 unspecified atom stereocenters. The fourth-order valence-electron chi connectivity index (χ4n) is 3.00. The Hall–Kier alpha value is -3.54. The number of amides is 1. The van der Waals surface area contributed by atoms with Crippen LogP contribution in [0.2, 0.25) is 0 Å². The highest BCUT2D eigenvalue weighted by atomic mass is 16.5. The molecule has 0 atom stereocenters. The summed E-state index contributed by atoms with van der Waals surface area (Å²) in [6, 6.07) is 17.0. The molecule has 1 N–H and O–H groups in total. The second-order valence-corrected chi connectivity index (χ2v) is 6.31. The first-order valence-corrected chi connectivity index (χ1v) is 8.84. The number of carbonyl (C=O) groups excluding carboxylic acids is 1. The van der Waals surface area contributed by atoms with Gasteiger partial charge in [0.15, 0.2) is 11.5 Å². The van der Waals surface area contributed by atoms with Crippen molar-refractivity contribution >= 4 is 12.1 Å². The number of hydrogen-bond donors (Lipinski definition) is 1. The number of hydrogen-bond acceptors (Lipinski definition) is 4. The van der Waals surface area contributed by atoms with E-state index in [-0.39, 0.29) is 5.91 Å². The number of benzene rings is 2. The summed E-state index contributed by atoms with van der Waals surface area (Å²) in [6.07, 6.45) is 1.56. The van der Waals surface area contributed by atoms with Gasteiger partial charge in [0.05, 0.1) is 20.4 Å². The van der Waals surface area contributed by atoms with Gasteiger partial charge in [-0.3, -0.25) is 4.79 Å². The van der Waals surface area contributed by atoms with Gasteiger partial charge in [-0.05, 0) is 74.0 Å². The normalized spacial score (nSPS) is 10.9. The van der Waals surface area contributed by atoms with Crippen molar-refractivity contribution in [2.45, 2.75) is 13.8 Å². The number of nitrogens with zero attached hydrogens (tertiary/aromatic N) is 2. The Morgan fingerprint density at radius 3 is 2.18 bits per heavy atom. The average Bonchev–Trinajstić information content (AvgIpc) is 3.06. The van der Waals surface area contributed by atoms with Crippen molar-refractivity contribution in [3.63, 3.8) is 0 Å². The van der Waals surface area contributed by atoms with E-state index in [1.54, 1.807) is 44.7 Å². The number of hydrazone groups is 1. The minimum Gasteiger partial charge on any atom is -0.493 e. The molecule has 0 aliphatic rings. The second kappa shape index (κ2) is 8.43. The highest BCUT2D eigenvalue weighted by Crippen LogP contribution is 2.26. The molecule has 28 heavy (non-hydrogen) atoms. The van der Waals surface area contributed by atoms with Gasteiger partial charge in [0, 0.05) is 22.6 Å². The van der Waals surface area contributed by atoms with Gasteiger partial charge in [-0.2, -0.15) is 5.10 Å². The van der Waals surface area contributed by atoms with Crippen molar-refractivity contribution < 1.29 is 14.3 Å². The molecule has 3 rings (SSSR count). The van der Waals surface area contributed by atoms with Crippen molar-refractivity contribution in [2.24, 2.45) is 5.10 Å². The maximum atomic E-state index is 12.3. The monoisotopic (exact) mass is 377 g/mol. The molecule has 0 aliphatic heterocycles. The van der Waals surface area contributed by atoms with Crippen LogP contribution in [-0.4, -0.2) is 30.9 Å². The van der Waals surface area contributed by atoms with Crippen molar-refractivity contribution in [3.05, 3.63) is 77.1 Å². The van der Waals surface area contributed by atoms with Gasteiger partial charge in [-0.15, -0.1) is 0 Å². The first-order chi connectivity index (χ1) is 13.5. The molecule has 144 valence electrons. The first-order valence-electron chi connectivity index (χ1n) is 8.84. The molecule has 0 saturated carbocycles. The number of aromatic nitrogens is 1. The van der Waals surface area contributed by atoms with E-state index in [0.29, 0.717) is 17.1 Å². The maximum Gasteiger partial charge on any atom is 0.271 e. The maximum absolute atomic E-state index is 12.3. The van der Waals surface area contributed by atoms with Crippen molar-refractivity contribution in [1.82, 2.24) is 9.99 Å². The van der Waals surface area contributed by atoms with Crippen molar-refractivity contribution in [3.8, 4) is 17.2 Å². The van der Waals surface area contributed by atoms with Gasteiger partial charge in [0.25, 0.3) is 5.91 Å². The van der Waals surface area contributed by atoms with Gasteiger partial charge in [-0.1, -0.05) is 0 Å². The third-order valence-corrected chi connectivity index (χ3v) is 4.45. The molecule has 2 aromatic carbocycles. The molecule has 0 aliphatic carbocycles. The molecule has 0 bridgehead atoms. The SMILES string of the molecule is COc1ccc(C=NNC(=O)c2ccc(-n3c(C)ccc3C)cc2)cc1OC. The van der Waals surface area contributed by atoms with E-state index in [1.807, 2.05) is 18.2 Å². The van der Waals surface area contributed by atoms with E-state index in [9.17, 15) is 4.79 Å². The number of aryl methyl sites for hydroxylation is 2. The van der Waals surface area contributed by atoms with Crippen LogP contribution in [0.3, 0.4) is 0 Å². The summed E-state index contributed by atoms with van der Waals surface area (Å²) in [4.78, 5) is 12.3. The molecular formula is C22H23N3O3.